The molecule has 3 rings (SSSR count). The van der Waals surface area contributed by atoms with Crippen LogP contribution in [0.2, 0.25) is 0 Å². The first-order chi connectivity index (χ1) is 6.95. The van der Waals surface area contributed by atoms with Crippen molar-refractivity contribution in [3.63, 3.8) is 0 Å². The van der Waals surface area contributed by atoms with Crippen molar-refractivity contribution in [3.8, 4) is 11.3 Å². The lowest BCUT2D eigenvalue weighted by molar-refractivity contribution is 1.41. The summed E-state index contributed by atoms with van der Waals surface area (Å²) in [5.74, 6) is 0. The summed E-state index contributed by atoms with van der Waals surface area (Å²) in [6.07, 6.45) is 3.91. The van der Waals surface area contributed by atoms with Gasteiger partial charge in [0.15, 0.2) is 0 Å². The normalized spacial score (nSPS) is 10.9. The summed E-state index contributed by atoms with van der Waals surface area (Å²) in [4.78, 5) is 6.43. The van der Waals surface area contributed by atoms with Crippen molar-refractivity contribution in [2.24, 2.45) is 0 Å². The maximum absolute atomic E-state index is 3.22. The molecule has 2 heterocycles. The fourth-order valence-corrected chi connectivity index (χ4v) is 1.82. The smallest absolute Gasteiger partial charge is 0.0460 e. The molecule has 0 atom stereocenters. The van der Waals surface area contributed by atoms with E-state index < -0.39 is 0 Å². The van der Waals surface area contributed by atoms with Crippen molar-refractivity contribution < 1.29 is 0 Å². The summed E-state index contributed by atoms with van der Waals surface area (Å²) in [7, 11) is 0. The molecule has 0 aliphatic carbocycles. The summed E-state index contributed by atoms with van der Waals surface area (Å²) < 4.78 is 0. The van der Waals surface area contributed by atoms with Crippen molar-refractivity contribution in [2.75, 3.05) is 0 Å². The van der Waals surface area contributed by atoms with Crippen LogP contribution in [0.25, 0.3) is 22.2 Å². The second kappa shape index (κ2) is 2.77. The molecule has 0 amide bonds. The standard InChI is InChI=1S/C12H10N2/c1-3-9(12-5-2-7-13-12)10-6-8-14-11(10)4-1/h1-8,13-14H. The van der Waals surface area contributed by atoms with Gasteiger partial charge in [0.1, 0.15) is 0 Å². The molecule has 2 heteroatoms. The molecule has 68 valence electrons. The number of hydrogen-bond acceptors (Lipinski definition) is 0. The van der Waals surface area contributed by atoms with E-state index in [4.69, 9.17) is 0 Å². The Morgan fingerprint density at radius 2 is 1.79 bits per heavy atom. The van der Waals surface area contributed by atoms with Crippen molar-refractivity contribution in [1.82, 2.24) is 9.97 Å². The Balaban J connectivity index is 2.36. The zero-order valence-corrected chi connectivity index (χ0v) is 7.62. The molecule has 0 saturated carbocycles. The molecule has 0 bridgehead atoms. The van der Waals surface area contributed by atoms with Gasteiger partial charge >= 0.3 is 0 Å². The summed E-state index contributed by atoms with van der Waals surface area (Å²) in [6, 6.07) is 12.5. The second-order valence-electron chi connectivity index (χ2n) is 3.33. The second-order valence-corrected chi connectivity index (χ2v) is 3.33. The summed E-state index contributed by atoms with van der Waals surface area (Å²) in [6.45, 7) is 0. The predicted octanol–water partition coefficient (Wildman–Crippen LogP) is 3.16. The third kappa shape index (κ3) is 0.973. The van der Waals surface area contributed by atoms with Gasteiger partial charge in [-0.1, -0.05) is 12.1 Å². The third-order valence-corrected chi connectivity index (χ3v) is 2.48. The zero-order valence-electron chi connectivity index (χ0n) is 7.62. The molecule has 0 saturated heterocycles. The Labute approximate surface area is 81.6 Å². The summed E-state index contributed by atoms with van der Waals surface area (Å²) >= 11 is 0. The molecule has 14 heavy (non-hydrogen) atoms. The highest BCUT2D eigenvalue weighted by Crippen LogP contribution is 2.26. The highest BCUT2D eigenvalue weighted by atomic mass is 14.7. The molecule has 0 unspecified atom stereocenters. The zero-order chi connectivity index (χ0) is 9.38. The predicted molar refractivity (Wildman–Crippen MR) is 58.1 cm³/mol. The van der Waals surface area contributed by atoms with Crippen molar-refractivity contribution in [2.45, 2.75) is 0 Å². The minimum Gasteiger partial charge on any atom is -0.361 e. The number of benzene rings is 1. The number of hydrogen-bond donors (Lipinski definition) is 2. The molecular formula is C12H10N2. The average molecular weight is 182 g/mol. The highest BCUT2D eigenvalue weighted by molar-refractivity contribution is 5.94. The number of aromatic amines is 2. The van der Waals surface area contributed by atoms with Gasteiger partial charge in [-0.3, -0.25) is 0 Å². The van der Waals surface area contributed by atoms with Crippen LogP contribution in [-0.2, 0) is 0 Å². The molecule has 0 radical (unpaired) electrons. The van der Waals surface area contributed by atoms with Crippen molar-refractivity contribution in [3.05, 3.63) is 48.8 Å². The molecule has 1 aromatic carbocycles. The minimum absolute atomic E-state index is 1.16. The molecule has 2 nitrogen and oxygen atoms in total. The third-order valence-electron chi connectivity index (χ3n) is 2.48. The van der Waals surface area contributed by atoms with Crippen LogP contribution < -0.4 is 0 Å². The average Bonchev–Trinajstić information content (AvgIpc) is 2.88. The van der Waals surface area contributed by atoms with E-state index in [1.165, 1.54) is 16.5 Å². The Hall–Kier alpha value is -1.96. The quantitative estimate of drug-likeness (QED) is 0.579. The molecule has 0 spiro atoms. The van der Waals surface area contributed by atoms with Crippen LogP contribution in [0.1, 0.15) is 0 Å². The Bertz CT molecular complexity index is 546. The van der Waals surface area contributed by atoms with Crippen molar-refractivity contribution in [1.29, 1.82) is 0 Å². The van der Waals surface area contributed by atoms with Crippen LogP contribution in [0.3, 0.4) is 0 Å². The molecule has 3 aromatic rings. The van der Waals surface area contributed by atoms with E-state index in [1.807, 2.05) is 18.5 Å². The van der Waals surface area contributed by atoms with Crippen LogP contribution in [-0.4, -0.2) is 9.97 Å². The van der Waals surface area contributed by atoms with E-state index in [0.717, 1.165) is 5.69 Å². The maximum atomic E-state index is 3.22. The first kappa shape index (κ1) is 7.44. The van der Waals surface area contributed by atoms with Gasteiger partial charge in [0, 0.05) is 34.6 Å². The van der Waals surface area contributed by atoms with Crippen LogP contribution in [0.15, 0.2) is 48.8 Å². The summed E-state index contributed by atoms with van der Waals surface area (Å²) in [5, 5.41) is 1.26. The lowest BCUT2D eigenvalue weighted by Crippen LogP contribution is -1.77. The van der Waals surface area contributed by atoms with E-state index in [2.05, 4.69) is 40.3 Å². The SMILES string of the molecule is c1c[nH]c(-c2cccc3[nH]ccc23)c1. The van der Waals surface area contributed by atoms with E-state index in [1.54, 1.807) is 0 Å². The molecule has 0 aliphatic heterocycles. The van der Waals surface area contributed by atoms with Crippen LogP contribution in [0.4, 0.5) is 0 Å². The summed E-state index contributed by atoms with van der Waals surface area (Å²) in [5.41, 5.74) is 3.58. The number of rotatable bonds is 1. The van der Waals surface area contributed by atoms with Gasteiger partial charge in [0.05, 0.1) is 0 Å². The van der Waals surface area contributed by atoms with E-state index in [-0.39, 0.29) is 0 Å². The minimum atomic E-state index is 1.16. The Morgan fingerprint density at radius 3 is 2.64 bits per heavy atom. The largest absolute Gasteiger partial charge is 0.361 e. The Kier molecular flexibility index (Phi) is 1.47. The van der Waals surface area contributed by atoms with E-state index in [9.17, 15) is 0 Å². The molecule has 0 fully saturated rings. The van der Waals surface area contributed by atoms with Gasteiger partial charge in [0.25, 0.3) is 0 Å². The van der Waals surface area contributed by atoms with Gasteiger partial charge < -0.3 is 9.97 Å². The molecular weight excluding hydrogens is 172 g/mol. The van der Waals surface area contributed by atoms with Crippen LogP contribution in [0.5, 0.6) is 0 Å². The lowest BCUT2D eigenvalue weighted by Gasteiger charge is -1.99. The number of aromatic nitrogens is 2. The van der Waals surface area contributed by atoms with Gasteiger partial charge in [-0.05, 0) is 24.3 Å². The number of H-pyrrole nitrogens is 2. The molecule has 0 aliphatic rings. The van der Waals surface area contributed by atoms with Gasteiger partial charge in [0.2, 0.25) is 0 Å². The van der Waals surface area contributed by atoms with Crippen LogP contribution in [0, 0.1) is 0 Å². The first-order valence-corrected chi connectivity index (χ1v) is 4.65. The van der Waals surface area contributed by atoms with E-state index >= 15 is 0 Å². The maximum Gasteiger partial charge on any atom is 0.0460 e. The topological polar surface area (TPSA) is 31.6 Å². The van der Waals surface area contributed by atoms with E-state index in [0.29, 0.717) is 0 Å². The highest BCUT2D eigenvalue weighted by Gasteiger charge is 2.03. The van der Waals surface area contributed by atoms with Crippen molar-refractivity contribution >= 4 is 10.9 Å². The fraction of sp³-hybridized carbons (Fsp3) is 0. The lowest BCUT2D eigenvalue weighted by atomic mass is 10.1. The van der Waals surface area contributed by atoms with Gasteiger partial charge in [-0.15, -0.1) is 0 Å². The molecule has 2 aromatic heterocycles. The fourth-order valence-electron chi connectivity index (χ4n) is 1.82. The number of nitrogens with one attached hydrogen (secondary N) is 2. The van der Waals surface area contributed by atoms with Gasteiger partial charge in [-0.25, -0.2) is 0 Å². The number of fused-ring (bicyclic) bond motifs is 1. The van der Waals surface area contributed by atoms with Gasteiger partial charge in [-0.2, -0.15) is 0 Å². The monoisotopic (exact) mass is 182 g/mol. The first-order valence-electron chi connectivity index (χ1n) is 4.65. The Morgan fingerprint density at radius 1 is 0.786 bits per heavy atom. The molecule has 2 N–H and O–H groups in total. The van der Waals surface area contributed by atoms with Crippen LogP contribution >= 0.6 is 0 Å².